The molecule has 4 heteroatoms. The van der Waals surface area contributed by atoms with E-state index in [-0.39, 0.29) is 6.04 Å². The highest BCUT2D eigenvalue weighted by Gasteiger charge is 2.19. The first-order valence-corrected chi connectivity index (χ1v) is 3.26. The molecule has 1 atom stereocenters. The van der Waals surface area contributed by atoms with Crippen LogP contribution in [-0.4, -0.2) is 11.5 Å². The molecule has 10 heavy (non-hydrogen) atoms. The summed E-state index contributed by atoms with van der Waals surface area (Å²) in [4.78, 5) is 4.01. The molecule has 0 saturated carbocycles. The van der Waals surface area contributed by atoms with E-state index in [0.717, 1.165) is 24.5 Å². The molecular formula is C6H9N3O. The average Bonchev–Trinajstić information content (AvgIpc) is 2.36. The van der Waals surface area contributed by atoms with Gasteiger partial charge in [0.1, 0.15) is 11.5 Å². The molecule has 2 rings (SSSR count). The third-order valence-corrected chi connectivity index (χ3v) is 1.67. The smallest absolute Gasteiger partial charge is 0.181 e. The van der Waals surface area contributed by atoms with Gasteiger partial charge < -0.3 is 15.5 Å². The van der Waals surface area contributed by atoms with E-state index < -0.39 is 0 Å². The van der Waals surface area contributed by atoms with Crippen LogP contribution in [0.3, 0.4) is 0 Å². The zero-order valence-electron chi connectivity index (χ0n) is 5.50. The highest BCUT2D eigenvalue weighted by molar-refractivity contribution is 5.14. The molecule has 0 bridgehead atoms. The van der Waals surface area contributed by atoms with E-state index in [1.807, 2.05) is 0 Å². The third kappa shape index (κ3) is 0.732. The third-order valence-electron chi connectivity index (χ3n) is 1.67. The number of nitrogens with zero attached hydrogens (tertiary/aromatic N) is 1. The highest BCUT2D eigenvalue weighted by Crippen LogP contribution is 2.16. The van der Waals surface area contributed by atoms with Crippen LogP contribution in [0.4, 0.5) is 0 Å². The van der Waals surface area contributed by atoms with E-state index in [4.69, 9.17) is 10.2 Å². The lowest BCUT2D eigenvalue weighted by Crippen LogP contribution is -2.32. The second kappa shape index (κ2) is 2.07. The summed E-state index contributed by atoms with van der Waals surface area (Å²) in [6.07, 6.45) is 1.44. The number of hydrogen-bond donors (Lipinski definition) is 2. The fourth-order valence-electron chi connectivity index (χ4n) is 1.15. The van der Waals surface area contributed by atoms with Crippen LogP contribution in [0.25, 0.3) is 0 Å². The maximum atomic E-state index is 5.71. The number of oxazole rings is 1. The van der Waals surface area contributed by atoms with E-state index in [1.165, 1.54) is 6.39 Å². The van der Waals surface area contributed by atoms with E-state index >= 15 is 0 Å². The zero-order chi connectivity index (χ0) is 6.97. The van der Waals surface area contributed by atoms with Crippen molar-refractivity contribution in [1.29, 1.82) is 0 Å². The Kier molecular flexibility index (Phi) is 1.22. The summed E-state index contributed by atoms with van der Waals surface area (Å²) < 4.78 is 5.07. The number of fused-ring (bicyclic) bond motifs is 1. The van der Waals surface area contributed by atoms with Crippen LogP contribution in [0, 0.1) is 0 Å². The summed E-state index contributed by atoms with van der Waals surface area (Å²) in [5, 5.41) is 3.12. The lowest BCUT2D eigenvalue weighted by Gasteiger charge is -2.16. The maximum absolute atomic E-state index is 5.71. The second-order valence-electron chi connectivity index (χ2n) is 2.40. The van der Waals surface area contributed by atoms with E-state index in [2.05, 4.69) is 10.3 Å². The Morgan fingerprint density at radius 1 is 1.80 bits per heavy atom. The SMILES string of the molecule is NC1CNCc2ocnc21. The number of aromatic nitrogens is 1. The van der Waals surface area contributed by atoms with E-state index in [9.17, 15) is 0 Å². The van der Waals surface area contributed by atoms with Gasteiger partial charge in [0.25, 0.3) is 0 Å². The van der Waals surface area contributed by atoms with Gasteiger partial charge in [-0.25, -0.2) is 4.98 Å². The summed E-state index contributed by atoms with van der Waals surface area (Å²) in [5.41, 5.74) is 6.61. The van der Waals surface area contributed by atoms with Crippen molar-refractivity contribution in [3.8, 4) is 0 Å². The van der Waals surface area contributed by atoms with Crippen molar-refractivity contribution in [3.63, 3.8) is 0 Å². The Hall–Kier alpha value is -0.870. The molecule has 54 valence electrons. The summed E-state index contributed by atoms with van der Waals surface area (Å²) >= 11 is 0. The van der Waals surface area contributed by atoms with E-state index in [1.54, 1.807) is 0 Å². The first kappa shape index (κ1) is 5.88. The minimum Gasteiger partial charge on any atom is -0.447 e. The molecule has 1 aromatic rings. The van der Waals surface area contributed by atoms with Crippen molar-refractivity contribution < 1.29 is 4.42 Å². The molecule has 0 fully saturated rings. The van der Waals surface area contributed by atoms with Gasteiger partial charge in [0.05, 0.1) is 12.6 Å². The zero-order valence-corrected chi connectivity index (χ0v) is 5.50. The van der Waals surface area contributed by atoms with Crippen molar-refractivity contribution in [3.05, 3.63) is 17.8 Å². The van der Waals surface area contributed by atoms with Crippen LogP contribution in [-0.2, 0) is 6.54 Å². The number of rotatable bonds is 0. The second-order valence-corrected chi connectivity index (χ2v) is 2.40. The Balaban J connectivity index is 2.41. The van der Waals surface area contributed by atoms with Crippen LogP contribution in [0.5, 0.6) is 0 Å². The van der Waals surface area contributed by atoms with Crippen LogP contribution in [0.2, 0.25) is 0 Å². The highest BCUT2D eigenvalue weighted by atomic mass is 16.3. The van der Waals surface area contributed by atoms with Gasteiger partial charge in [0, 0.05) is 6.54 Å². The van der Waals surface area contributed by atoms with E-state index in [0.29, 0.717) is 0 Å². The molecule has 0 radical (unpaired) electrons. The Labute approximate surface area is 58.4 Å². The monoisotopic (exact) mass is 139 g/mol. The quantitative estimate of drug-likeness (QED) is 0.521. The Bertz CT molecular complexity index is 233. The lowest BCUT2D eigenvalue weighted by molar-refractivity contribution is 0.440. The van der Waals surface area contributed by atoms with Crippen molar-refractivity contribution >= 4 is 0 Å². The molecule has 1 aliphatic rings. The topological polar surface area (TPSA) is 64.1 Å². The standard InChI is InChI=1S/C6H9N3O/c7-4-1-8-2-5-6(4)9-3-10-5/h3-4,8H,1-2,7H2. The lowest BCUT2D eigenvalue weighted by atomic mass is 10.1. The Morgan fingerprint density at radius 3 is 3.50 bits per heavy atom. The summed E-state index contributed by atoms with van der Waals surface area (Å²) in [6, 6.07) is 0.00231. The van der Waals surface area contributed by atoms with Gasteiger partial charge in [-0.15, -0.1) is 0 Å². The van der Waals surface area contributed by atoms with Crippen LogP contribution >= 0.6 is 0 Å². The van der Waals surface area contributed by atoms with Gasteiger partial charge in [-0.05, 0) is 0 Å². The van der Waals surface area contributed by atoms with Crippen LogP contribution < -0.4 is 11.1 Å². The minimum atomic E-state index is 0.00231. The molecule has 0 aromatic carbocycles. The normalized spacial score (nSPS) is 24.3. The fraction of sp³-hybridized carbons (Fsp3) is 0.500. The predicted molar refractivity (Wildman–Crippen MR) is 35.1 cm³/mol. The van der Waals surface area contributed by atoms with Crippen molar-refractivity contribution in [2.75, 3.05) is 6.54 Å². The molecule has 1 unspecified atom stereocenters. The molecule has 1 aromatic heterocycles. The number of hydrogen-bond acceptors (Lipinski definition) is 4. The molecule has 0 aliphatic carbocycles. The molecule has 2 heterocycles. The van der Waals surface area contributed by atoms with Gasteiger partial charge in [0.15, 0.2) is 6.39 Å². The van der Waals surface area contributed by atoms with Crippen LogP contribution in [0.15, 0.2) is 10.8 Å². The Morgan fingerprint density at radius 2 is 2.70 bits per heavy atom. The number of nitrogens with one attached hydrogen (secondary N) is 1. The van der Waals surface area contributed by atoms with Gasteiger partial charge in [-0.3, -0.25) is 0 Å². The molecule has 3 N–H and O–H groups in total. The molecule has 4 nitrogen and oxygen atoms in total. The van der Waals surface area contributed by atoms with Gasteiger partial charge >= 0.3 is 0 Å². The molecule has 1 aliphatic heterocycles. The molecule has 0 saturated heterocycles. The first-order valence-electron chi connectivity index (χ1n) is 3.26. The first-order chi connectivity index (χ1) is 4.88. The minimum absolute atomic E-state index is 0.00231. The molecule has 0 spiro atoms. The average molecular weight is 139 g/mol. The summed E-state index contributed by atoms with van der Waals surface area (Å²) in [6.45, 7) is 1.54. The molecule has 0 amide bonds. The predicted octanol–water partition coefficient (Wildman–Crippen LogP) is -0.222. The fourth-order valence-corrected chi connectivity index (χ4v) is 1.15. The van der Waals surface area contributed by atoms with Gasteiger partial charge in [-0.2, -0.15) is 0 Å². The van der Waals surface area contributed by atoms with Crippen molar-refractivity contribution in [1.82, 2.24) is 10.3 Å². The van der Waals surface area contributed by atoms with Gasteiger partial charge in [-0.1, -0.05) is 0 Å². The van der Waals surface area contributed by atoms with Gasteiger partial charge in [0.2, 0.25) is 0 Å². The largest absolute Gasteiger partial charge is 0.447 e. The number of nitrogens with two attached hydrogens (primary N) is 1. The van der Waals surface area contributed by atoms with Crippen molar-refractivity contribution in [2.45, 2.75) is 12.6 Å². The van der Waals surface area contributed by atoms with Crippen LogP contribution in [0.1, 0.15) is 17.5 Å². The van der Waals surface area contributed by atoms with Crippen molar-refractivity contribution in [2.24, 2.45) is 5.73 Å². The molecular weight excluding hydrogens is 130 g/mol. The summed E-state index contributed by atoms with van der Waals surface area (Å²) in [5.74, 6) is 0.874. The summed E-state index contributed by atoms with van der Waals surface area (Å²) in [7, 11) is 0. The maximum Gasteiger partial charge on any atom is 0.181 e.